The molecule has 6 nitrogen and oxygen atoms in total. The summed E-state index contributed by atoms with van der Waals surface area (Å²) >= 11 is 0. The molecule has 0 aromatic rings. The maximum absolute atomic E-state index is 10.5. The van der Waals surface area contributed by atoms with Crippen molar-refractivity contribution in [2.24, 2.45) is 15.9 Å². The van der Waals surface area contributed by atoms with Crippen LogP contribution in [0.1, 0.15) is 20.8 Å². The Balaban J connectivity index is 4.03. The smallest absolute Gasteiger partial charge is 0.210 e. The summed E-state index contributed by atoms with van der Waals surface area (Å²) in [6.07, 6.45) is 0. The van der Waals surface area contributed by atoms with Crippen molar-refractivity contribution in [2.45, 2.75) is 26.3 Å². The Hall–Kier alpha value is -0.820. The van der Waals surface area contributed by atoms with E-state index in [-0.39, 0.29) is 23.8 Å². The summed E-state index contributed by atoms with van der Waals surface area (Å²) in [7, 11) is -3.45. The van der Waals surface area contributed by atoms with Gasteiger partial charge in [-0.3, -0.25) is 4.99 Å². The molecule has 5 N–H and O–H groups in total. The molecular weight excluding hydrogens is 204 g/mol. The maximum atomic E-state index is 10.5. The summed E-state index contributed by atoms with van der Waals surface area (Å²) in [6, 6.07) is 0. The Bertz CT molecular complexity index is 302. The molecule has 0 heterocycles. The number of hydrogen-bond donors (Lipinski definition) is 3. The van der Waals surface area contributed by atoms with E-state index in [9.17, 15) is 8.42 Å². The van der Waals surface area contributed by atoms with Crippen LogP contribution in [0.2, 0.25) is 0 Å². The van der Waals surface area contributed by atoms with Crippen LogP contribution >= 0.6 is 0 Å². The SMILES string of the molecule is CC(C)(C)NC(N)=NCCS(N)(=O)=O. The lowest BCUT2D eigenvalue weighted by Crippen LogP contribution is -2.45. The first kappa shape index (κ1) is 13.2. The third kappa shape index (κ3) is 9.27. The lowest BCUT2D eigenvalue weighted by Gasteiger charge is -2.20. The molecule has 0 saturated carbocycles. The number of nitrogens with two attached hydrogens (primary N) is 2. The van der Waals surface area contributed by atoms with Crippen LogP contribution in [0.5, 0.6) is 0 Å². The number of hydrogen-bond acceptors (Lipinski definition) is 3. The topological polar surface area (TPSA) is 111 Å². The van der Waals surface area contributed by atoms with Gasteiger partial charge in [0.15, 0.2) is 5.96 Å². The van der Waals surface area contributed by atoms with Crippen LogP contribution in [0.3, 0.4) is 0 Å². The minimum atomic E-state index is -3.45. The zero-order valence-corrected chi connectivity index (χ0v) is 9.56. The molecule has 14 heavy (non-hydrogen) atoms. The van der Waals surface area contributed by atoms with E-state index >= 15 is 0 Å². The van der Waals surface area contributed by atoms with Crippen LogP contribution in [0.4, 0.5) is 0 Å². The minimum Gasteiger partial charge on any atom is -0.370 e. The number of aliphatic imine (C=N–C) groups is 1. The van der Waals surface area contributed by atoms with Crippen molar-refractivity contribution >= 4 is 16.0 Å². The third-order valence-electron chi connectivity index (χ3n) is 1.16. The largest absolute Gasteiger partial charge is 0.370 e. The lowest BCUT2D eigenvalue weighted by molar-refractivity contribution is 0.508. The van der Waals surface area contributed by atoms with Crippen molar-refractivity contribution in [3.63, 3.8) is 0 Å². The van der Waals surface area contributed by atoms with Gasteiger partial charge in [-0.1, -0.05) is 0 Å². The summed E-state index contributed by atoms with van der Waals surface area (Å²) in [4.78, 5) is 3.82. The molecule has 7 heteroatoms. The summed E-state index contributed by atoms with van der Waals surface area (Å²) in [6.45, 7) is 5.85. The Morgan fingerprint density at radius 3 is 2.29 bits per heavy atom. The van der Waals surface area contributed by atoms with E-state index in [0.717, 1.165) is 0 Å². The molecule has 84 valence electrons. The van der Waals surface area contributed by atoms with Crippen LogP contribution in [0.25, 0.3) is 0 Å². The van der Waals surface area contributed by atoms with Gasteiger partial charge in [0.25, 0.3) is 0 Å². The van der Waals surface area contributed by atoms with Gasteiger partial charge >= 0.3 is 0 Å². The van der Waals surface area contributed by atoms with E-state index in [1.165, 1.54) is 0 Å². The van der Waals surface area contributed by atoms with Gasteiger partial charge < -0.3 is 11.1 Å². The van der Waals surface area contributed by atoms with Gasteiger partial charge in [0.05, 0.1) is 12.3 Å². The van der Waals surface area contributed by atoms with Gasteiger partial charge in [0.2, 0.25) is 10.0 Å². The van der Waals surface area contributed by atoms with Gasteiger partial charge in [-0.2, -0.15) is 0 Å². The predicted octanol–water partition coefficient (Wildman–Crippen LogP) is -1.02. The highest BCUT2D eigenvalue weighted by Crippen LogP contribution is 1.96. The number of guanidine groups is 1. The predicted molar refractivity (Wildman–Crippen MR) is 57.4 cm³/mol. The summed E-state index contributed by atoms with van der Waals surface area (Å²) in [5.41, 5.74) is 5.31. The fraction of sp³-hybridized carbons (Fsp3) is 0.857. The standard InChI is InChI=1S/C7H18N4O2S/c1-7(2,3)11-6(8)10-4-5-14(9,12)13/h4-5H2,1-3H3,(H3,8,10,11)(H2,9,12,13). The number of sulfonamides is 1. The molecule has 0 rings (SSSR count). The Morgan fingerprint density at radius 2 is 1.93 bits per heavy atom. The molecule has 0 fully saturated rings. The molecule has 0 aromatic heterocycles. The van der Waals surface area contributed by atoms with Gasteiger partial charge in [-0.15, -0.1) is 0 Å². The quantitative estimate of drug-likeness (QED) is 0.419. The monoisotopic (exact) mass is 222 g/mol. The fourth-order valence-electron chi connectivity index (χ4n) is 0.717. The molecule has 0 atom stereocenters. The zero-order chi connectivity index (χ0) is 11.4. The molecule has 0 aliphatic heterocycles. The van der Waals surface area contributed by atoms with E-state index in [1.54, 1.807) is 0 Å². The lowest BCUT2D eigenvalue weighted by atomic mass is 10.1. The van der Waals surface area contributed by atoms with Crippen LogP contribution in [0.15, 0.2) is 4.99 Å². The highest BCUT2D eigenvalue weighted by atomic mass is 32.2. The van der Waals surface area contributed by atoms with Crippen LogP contribution < -0.4 is 16.2 Å². The number of nitrogens with zero attached hydrogens (tertiary/aromatic N) is 1. The van der Waals surface area contributed by atoms with Crippen molar-refractivity contribution in [3.8, 4) is 0 Å². The van der Waals surface area contributed by atoms with Crippen LogP contribution in [-0.4, -0.2) is 32.2 Å². The van der Waals surface area contributed by atoms with Crippen LogP contribution in [0, 0.1) is 0 Å². The highest BCUT2D eigenvalue weighted by molar-refractivity contribution is 7.89. The molecule has 0 saturated heterocycles. The second-order valence-electron chi connectivity index (χ2n) is 4.01. The number of rotatable bonds is 3. The first-order chi connectivity index (χ1) is 6.10. The summed E-state index contributed by atoms with van der Waals surface area (Å²) in [5.74, 6) is 0.0284. The average molecular weight is 222 g/mol. The Labute approximate surface area is 84.8 Å². The van der Waals surface area contributed by atoms with E-state index in [2.05, 4.69) is 10.3 Å². The van der Waals surface area contributed by atoms with Crippen molar-refractivity contribution in [1.82, 2.24) is 5.32 Å². The van der Waals surface area contributed by atoms with Crippen LogP contribution in [-0.2, 0) is 10.0 Å². The number of nitrogens with one attached hydrogen (secondary N) is 1. The molecule has 0 aliphatic carbocycles. The summed E-state index contributed by atoms with van der Waals surface area (Å²) in [5, 5.41) is 7.69. The first-order valence-electron chi connectivity index (χ1n) is 4.19. The maximum Gasteiger partial charge on any atom is 0.210 e. The zero-order valence-electron chi connectivity index (χ0n) is 8.74. The highest BCUT2D eigenvalue weighted by Gasteiger charge is 2.09. The fourth-order valence-corrected chi connectivity index (χ4v) is 1.06. The van der Waals surface area contributed by atoms with E-state index < -0.39 is 10.0 Å². The second-order valence-corrected chi connectivity index (χ2v) is 5.74. The molecule has 0 radical (unpaired) electrons. The van der Waals surface area contributed by atoms with Gasteiger partial charge in [0.1, 0.15) is 0 Å². The van der Waals surface area contributed by atoms with Crippen molar-refractivity contribution in [3.05, 3.63) is 0 Å². The van der Waals surface area contributed by atoms with Crippen molar-refractivity contribution < 1.29 is 8.42 Å². The Kier molecular flexibility index (Phi) is 4.34. The first-order valence-corrected chi connectivity index (χ1v) is 5.90. The molecule has 0 aliphatic rings. The van der Waals surface area contributed by atoms with E-state index in [4.69, 9.17) is 10.9 Å². The average Bonchev–Trinajstić information content (AvgIpc) is 1.78. The van der Waals surface area contributed by atoms with Crippen molar-refractivity contribution in [2.75, 3.05) is 12.3 Å². The molecule has 0 bridgehead atoms. The minimum absolute atomic E-state index is 0.0771. The molecule has 0 amide bonds. The molecule has 0 unspecified atom stereocenters. The number of primary sulfonamides is 1. The third-order valence-corrected chi connectivity index (χ3v) is 1.91. The summed E-state index contributed by atoms with van der Waals surface area (Å²) < 4.78 is 21.1. The van der Waals surface area contributed by atoms with Crippen molar-refractivity contribution in [1.29, 1.82) is 0 Å². The molecule has 0 aromatic carbocycles. The van der Waals surface area contributed by atoms with E-state index in [0.29, 0.717) is 0 Å². The van der Waals surface area contributed by atoms with E-state index in [1.807, 2.05) is 20.8 Å². The van der Waals surface area contributed by atoms with Gasteiger partial charge in [-0.05, 0) is 20.8 Å². The molecular formula is C7H18N4O2S. The van der Waals surface area contributed by atoms with Gasteiger partial charge in [0, 0.05) is 5.54 Å². The normalized spacial score (nSPS) is 14.1. The van der Waals surface area contributed by atoms with Gasteiger partial charge in [-0.25, -0.2) is 13.6 Å². The Morgan fingerprint density at radius 1 is 1.43 bits per heavy atom. The molecule has 0 spiro atoms. The second kappa shape index (κ2) is 4.61.